The maximum Gasteiger partial charge on any atom is 0.145 e. The summed E-state index contributed by atoms with van der Waals surface area (Å²) in [6.07, 6.45) is 0. The molecule has 3 heteroatoms. The Morgan fingerprint density at radius 1 is 1.36 bits per heavy atom. The number of Topliss-reactive ketones (excluding diaryl/α,β-unsaturated/α-hetero) is 1. The van der Waals surface area contributed by atoms with Crippen molar-refractivity contribution in [3.63, 3.8) is 0 Å². The molecular weight excluding hydrogens is 216 g/mol. The summed E-state index contributed by atoms with van der Waals surface area (Å²) in [5.41, 5.74) is 0. The number of ketones is 1. The van der Waals surface area contributed by atoms with Crippen LogP contribution in [-0.4, -0.2) is 11.5 Å². The average molecular weight is 229 g/mol. The topological polar surface area (TPSA) is 17.1 Å². The van der Waals surface area contributed by atoms with E-state index in [1.54, 1.807) is 11.8 Å². The number of halogens is 1. The van der Waals surface area contributed by atoms with Crippen molar-refractivity contribution in [2.24, 2.45) is 5.92 Å². The lowest BCUT2D eigenvalue weighted by molar-refractivity contribution is -0.119. The van der Waals surface area contributed by atoms with Crippen LogP contribution in [0.25, 0.3) is 0 Å². The molecule has 0 aliphatic rings. The molecule has 0 spiro atoms. The number of carbonyl (C=O) groups is 1. The summed E-state index contributed by atoms with van der Waals surface area (Å²) >= 11 is 7.31. The van der Waals surface area contributed by atoms with Gasteiger partial charge in [0.2, 0.25) is 0 Å². The molecule has 1 aromatic rings. The number of thioether (sulfide) groups is 1. The van der Waals surface area contributed by atoms with Gasteiger partial charge in [0.1, 0.15) is 5.78 Å². The third kappa shape index (κ3) is 3.72. The molecule has 1 rings (SSSR count). The van der Waals surface area contributed by atoms with Crippen molar-refractivity contribution in [1.82, 2.24) is 0 Å². The monoisotopic (exact) mass is 228 g/mol. The quantitative estimate of drug-likeness (QED) is 0.732. The van der Waals surface area contributed by atoms with E-state index in [0.717, 1.165) is 9.92 Å². The van der Waals surface area contributed by atoms with Gasteiger partial charge in [-0.25, -0.2) is 0 Å². The van der Waals surface area contributed by atoms with Crippen LogP contribution in [0.3, 0.4) is 0 Å². The maximum atomic E-state index is 11.3. The van der Waals surface area contributed by atoms with E-state index in [2.05, 4.69) is 0 Å². The first-order valence-electron chi connectivity index (χ1n) is 4.50. The Morgan fingerprint density at radius 2 is 1.93 bits per heavy atom. The summed E-state index contributed by atoms with van der Waals surface area (Å²) in [5.74, 6) is 0.944. The lowest BCUT2D eigenvalue weighted by Gasteiger charge is -2.03. The second kappa shape index (κ2) is 5.42. The van der Waals surface area contributed by atoms with Gasteiger partial charge in [-0.2, -0.15) is 0 Å². The van der Waals surface area contributed by atoms with Crippen LogP contribution in [0.1, 0.15) is 13.8 Å². The zero-order valence-corrected chi connectivity index (χ0v) is 9.86. The minimum atomic E-state index is 0.120. The molecule has 0 unspecified atom stereocenters. The molecule has 0 atom stereocenters. The van der Waals surface area contributed by atoms with E-state index in [-0.39, 0.29) is 11.7 Å². The van der Waals surface area contributed by atoms with Crippen molar-refractivity contribution in [1.29, 1.82) is 0 Å². The summed E-state index contributed by atoms with van der Waals surface area (Å²) < 4.78 is 0. The molecule has 1 nitrogen and oxygen atoms in total. The van der Waals surface area contributed by atoms with Crippen molar-refractivity contribution >= 4 is 29.1 Å². The van der Waals surface area contributed by atoms with Gasteiger partial charge < -0.3 is 0 Å². The summed E-state index contributed by atoms with van der Waals surface area (Å²) in [4.78, 5) is 12.4. The molecule has 0 radical (unpaired) electrons. The van der Waals surface area contributed by atoms with Gasteiger partial charge in [0.25, 0.3) is 0 Å². The highest BCUT2D eigenvalue weighted by molar-refractivity contribution is 8.00. The normalized spacial score (nSPS) is 10.6. The average Bonchev–Trinajstić information content (AvgIpc) is 2.16. The first-order chi connectivity index (χ1) is 6.59. The van der Waals surface area contributed by atoms with Gasteiger partial charge in [-0.15, -0.1) is 11.8 Å². The molecule has 0 amide bonds. The van der Waals surface area contributed by atoms with Gasteiger partial charge in [-0.3, -0.25) is 4.79 Å². The standard InChI is InChI=1S/C11H13ClOS/c1-8(2)11(13)7-14-10-5-3-9(12)4-6-10/h3-6,8H,7H2,1-2H3. The molecule has 0 aliphatic carbocycles. The number of rotatable bonds is 4. The van der Waals surface area contributed by atoms with Crippen LogP contribution in [0.2, 0.25) is 5.02 Å². The predicted molar refractivity (Wildman–Crippen MR) is 62.0 cm³/mol. The molecular formula is C11H13ClOS. The number of hydrogen-bond acceptors (Lipinski definition) is 2. The molecule has 76 valence electrons. The van der Waals surface area contributed by atoms with Gasteiger partial charge in [0.15, 0.2) is 0 Å². The highest BCUT2D eigenvalue weighted by Crippen LogP contribution is 2.20. The van der Waals surface area contributed by atoms with E-state index in [1.165, 1.54) is 0 Å². The van der Waals surface area contributed by atoms with E-state index in [4.69, 9.17) is 11.6 Å². The summed E-state index contributed by atoms with van der Waals surface area (Å²) in [6.45, 7) is 3.84. The van der Waals surface area contributed by atoms with Crippen molar-refractivity contribution in [2.45, 2.75) is 18.7 Å². The lowest BCUT2D eigenvalue weighted by Crippen LogP contribution is -2.09. The fourth-order valence-corrected chi connectivity index (χ4v) is 1.95. The van der Waals surface area contributed by atoms with Crippen LogP contribution >= 0.6 is 23.4 Å². The maximum absolute atomic E-state index is 11.3. The van der Waals surface area contributed by atoms with Crippen molar-refractivity contribution in [3.05, 3.63) is 29.3 Å². The first-order valence-corrected chi connectivity index (χ1v) is 5.87. The van der Waals surface area contributed by atoms with E-state index < -0.39 is 0 Å². The van der Waals surface area contributed by atoms with Crippen molar-refractivity contribution in [2.75, 3.05) is 5.75 Å². The van der Waals surface area contributed by atoms with E-state index in [0.29, 0.717) is 5.75 Å². The third-order valence-electron chi connectivity index (χ3n) is 1.84. The molecule has 0 aliphatic heterocycles. The van der Waals surface area contributed by atoms with Gasteiger partial charge in [0, 0.05) is 15.8 Å². The second-order valence-electron chi connectivity index (χ2n) is 3.36. The van der Waals surface area contributed by atoms with Crippen LogP contribution in [0.4, 0.5) is 0 Å². The molecule has 0 N–H and O–H groups in total. The molecule has 1 aromatic carbocycles. The van der Waals surface area contributed by atoms with E-state index in [9.17, 15) is 4.79 Å². The Bertz CT molecular complexity index is 306. The van der Waals surface area contributed by atoms with Crippen molar-refractivity contribution < 1.29 is 4.79 Å². The van der Waals surface area contributed by atoms with Gasteiger partial charge in [0.05, 0.1) is 5.75 Å². The largest absolute Gasteiger partial charge is 0.298 e. The highest BCUT2D eigenvalue weighted by atomic mass is 35.5. The first kappa shape index (κ1) is 11.6. The molecule has 0 bridgehead atoms. The molecule has 0 heterocycles. The van der Waals surface area contributed by atoms with Gasteiger partial charge >= 0.3 is 0 Å². The molecule has 14 heavy (non-hydrogen) atoms. The smallest absolute Gasteiger partial charge is 0.145 e. The summed E-state index contributed by atoms with van der Waals surface area (Å²) in [7, 11) is 0. The van der Waals surface area contributed by atoms with Crippen LogP contribution in [-0.2, 0) is 4.79 Å². The summed E-state index contributed by atoms with van der Waals surface area (Å²) in [6, 6.07) is 7.54. The molecule has 0 saturated carbocycles. The van der Waals surface area contributed by atoms with Crippen LogP contribution in [0.5, 0.6) is 0 Å². The summed E-state index contributed by atoms with van der Waals surface area (Å²) in [5, 5.41) is 0.726. The van der Waals surface area contributed by atoms with Gasteiger partial charge in [-0.05, 0) is 24.3 Å². The molecule has 0 saturated heterocycles. The predicted octanol–water partition coefficient (Wildman–Crippen LogP) is 3.66. The van der Waals surface area contributed by atoms with Gasteiger partial charge in [-0.1, -0.05) is 25.4 Å². The SMILES string of the molecule is CC(C)C(=O)CSc1ccc(Cl)cc1. The Kier molecular flexibility index (Phi) is 4.49. The molecule has 0 fully saturated rings. The minimum absolute atomic E-state index is 0.120. The van der Waals surface area contributed by atoms with E-state index in [1.807, 2.05) is 38.1 Å². The lowest BCUT2D eigenvalue weighted by atomic mass is 10.1. The Labute approximate surface area is 93.8 Å². The third-order valence-corrected chi connectivity index (χ3v) is 3.13. The fraction of sp³-hybridized carbons (Fsp3) is 0.364. The Hall–Kier alpha value is -0.470. The number of hydrogen-bond donors (Lipinski definition) is 0. The minimum Gasteiger partial charge on any atom is -0.298 e. The van der Waals surface area contributed by atoms with Crippen LogP contribution in [0.15, 0.2) is 29.2 Å². The zero-order chi connectivity index (χ0) is 10.6. The van der Waals surface area contributed by atoms with E-state index >= 15 is 0 Å². The van der Waals surface area contributed by atoms with Crippen molar-refractivity contribution in [3.8, 4) is 0 Å². The van der Waals surface area contributed by atoms with Crippen LogP contribution in [0, 0.1) is 5.92 Å². The highest BCUT2D eigenvalue weighted by Gasteiger charge is 2.07. The number of benzene rings is 1. The zero-order valence-electron chi connectivity index (χ0n) is 8.29. The Balaban J connectivity index is 2.46. The number of carbonyl (C=O) groups excluding carboxylic acids is 1. The van der Waals surface area contributed by atoms with Crippen LogP contribution < -0.4 is 0 Å². The molecule has 0 aromatic heterocycles. The fourth-order valence-electron chi connectivity index (χ4n) is 0.852. The second-order valence-corrected chi connectivity index (χ2v) is 4.85. The Morgan fingerprint density at radius 3 is 2.43 bits per heavy atom.